The van der Waals surface area contributed by atoms with Crippen LogP contribution in [0.5, 0.6) is 11.5 Å². The van der Waals surface area contributed by atoms with Crippen LogP contribution in [0.25, 0.3) is 0 Å². The number of ether oxygens (including phenoxy) is 2. The monoisotopic (exact) mass is 360 g/mol. The van der Waals surface area contributed by atoms with Crippen molar-refractivity contribution in [2.45, 2.75) is 25.8 Å². The van der Waals surface area contributed by atoms with Gasteiger partial charge in [0.25, 0.3) is 0 Å². The van der Waals surface area contributed by atoms with Crippen molar-refractivity contribution in [2.75, 3.05) is 46.1 Å². The molecule has 0 aliphatic carbocycles. The van der Waals surface area contributed by atoms with Crippen LogP contribution in [0.3, 0.4) is 0 Å². The molecule has 3 aliphatic heterocycles. The minimum atomic E-state index is 0.312. The van der Waals surface area contributed by atoms with Crippen LogP contribution in [0.4, 0.5) is 0 Å². The van der Waals surface area contributed by atoms with Gasteiger partial charge in [-0.1, -0.05) is 6.07 Å². The number of hydrogen-bond donors (Lipinski definition) is 2. The number of benzene rings is 1. The molecule has 142 valence electrons. The minimum Gasteiger partial charge on any atom is -0.454 e. The highest BCUT2D eigenvalue weighted by atomic mass is 16.7. The van der Waals surface area contributed by atoms with Gasteiger partial charge in [-0.25, -0.2) is 0 Å². The van der Waals surface area contributed by atoms with E-state index in [4.69, 9.17) is 9.47 Å². The Kier molecular flexibility index (Phi) is 5.57. The maximum absolute atomic E-state index is 12.4. The Balaban J connectivity index is 1.18. The number of nitrogens with zero attached hydrogens (tertiary/aromatic N) is 2. The zero-order valence-corrected chi connectivity index (χ0v) is 15.2. The number of fused-ring (bicyclic) bond motifs is 1. The summed E-state index contributed by atoms with van der Waals surface area (Å²) in [6, 6.07) is 6.14. The Labute approximate surface area is 154 Å². The van der Waals surface area contributed by atoms with Crippen molar-refractivity contribution in [1.82, 2.24) is 20.7 Å². The number of piperazine rings is 1. The first-order valence-corrected chi connectivity index (χ1v) is 9.62. The summed E-state index contributed by atoms with van der Waals surface area (Å²) in [6.45, 7) is 6.76. The first-order chi connectivity index (χ1) is 12.8. The van der Waals surface area contributed by atoms with E-state index < -0.39 is 0 Å². The van der Waals surface area contributed by atoms with Gasteiger partial charge in [-0.3, -0.25) is 20.5 Å². The number of hydrogen-bond acceptors (Lipinski definition) is 6. The van der Waals surface area contributed by atoms with Crippen LogP contribution in [0.15, 0.2) is 18.2 Å². The topological polar surface area (TPSA) is 66.1 Å². The van der Waals surface area contributed by atoms with E-state index in [9.17, 15) is 4.79 Å². The quantitative estimate of drug-likeness (QED) is 0.788. The standard InChI is InChI=1S/C19H28N4O3/c24-19(3-1-2-16-11-20-21-12-16)23-8-6-22(7-9-23)13-15-4-5-17-18(10-15)26-14-25-17/h4-5,10,16,20-21H,1-3,6-9,11-14H2. The third-order valence-corrected chi connectivity index (χ3v) is 5.48. The first kappa shape index (κ1) is 17.6. The summed E-state index contributed by atoms with van der Waals surface area (Å²) in [5.74, 6) is 2.64. The second kappa shape index (κ2) is 8.24. The molecular weight excluding hydrogens is 332 g/mol. The van der Waals surface area contributed by atoms with E-state index in [2.05, 4.69) is 27.9 Å². The Bertz CT molecular complexity index is 625. The molecule has 7 heteroatoms. The van der Waals surface area contributed by atoms with E-state index in [0.717, 1.165) is 70.2 Å². The fourth-order valence-electron chi connectivity index (χ4n) is 3.86. The lowest BCUT2D eigenvalue weighted by molar-refractivity contribution is -0.133. The third-order valence-electron chi connectivity index (χ3n) is 5.48. The average Bonchev–Trinajstić information content (AvgIpc) is 3.33. The first-order valence-electron chi connectivity index (χ1n) is 9.62. The van der Waals surface area contributed by atoms with E-state index in [-0.39, 0.29) is 0 Å². The van der Waals surface area contributed by atoms with Gasteiger partial charge in [0.15, 0.2) is 11.5 Å². The van der Waals surface area contributed by atoms with Crippen LogP contribution in [-0.4, -0.2) is 61.8 Å². The summed E-state index contributed by atoms with van der Waals surface area (Å²) in [6.07, 6.45) is 2.79. The van der Waals surface area contributed by atoms with Gasteiger partial charge in [-0.05, 0) is 36.5 Å². The molecule has 26 heavy (non-hydrogen) atoms. The molecule has 0 unspecified atom stereocenters. The molecule has 3 aliphatic rings. The Morgan fingerprint density at radius 2 is 1.85 bits per heavy atom. The van der Waals surface area contributed by atoms with Crippen LogP contribution in [0, 0.1) is 5.92 Å². The molecule has 7 nitrogen and oxygen atoms in total. The molecule has 2 saturated heterocycles. The summed E-state index contributed by atoms with van der Waals surface area (Å²) in [7, 11) is 0. The van der Waals surface area contributed by atoms with Gasteiger partial charge < -0.3 is 14.4 Å². The molecule has 0 atom stereocenters. The molecular formula is C19H28N4O3. The second-order valence-electron chi connectivity index (χ2n) is 7.36. The lowest BCUT2D eigenvalue weighted by Gasteiger charge is -2.35. The Morgan fingerprint density at radius 1 is 1.08 bits per heavy atom. The van der Waals surface area contributed by atoms with Crippen LogP contribution in [-0.2, 0) is 11.3 Å². The van der Waals surface area contributed by atoms with Crippen molar-refractivity contribution < 1.29 is 14.3 Å². The van der Waals surface area contributed by atoms with Crippen molar-refractivity contribution in [2.24, 2.45) is 5.92 Å². The van der Waals surface area contributed by atoms with Crippen molar-refractivity contribution in [1.29, 1.82) is 0 Å². The van der Waals surface area contributed by atoms with E-state index in [1.54, 1.807) is 0 Å². The van der Waals surface area contributed by atoms with E-state index in [1.807, 2.05) is 11.0 Å². The average molecular weight is 360 g/mol. The highest BCUT2D eigenvalue weighted by molar-refractivity contribution is 5.76. The van der Waals surface area contributed by atoms with Crippen molar-refractivity contribution in [3.05, 3.63) is 23.8 Å². The molecule has 3 heterocycles. The number of hydrazine groups is 1. The highest BCUT2D eigenvalue weighted by Crippen LogP contribution is 2.32. The van der Waals surface area contributed by atoms with E-state index in [0.29, 0.717) is 25.0 Å². The predicted molar refractivity (Wildman–Crippen MR) is 97.8 cm³/mol. The maximum Gasteiger partial charge on any atom is 0.231 e. The summed E-state index contributed by atoms with van der Waals surface area (Å²) in [5.41, 5.74) is 7.52. The Morgan fingerprint density at radius 3 is 2.65 bits per heavy atom. The van der Waals surface area contributed by atoms with Gasteiger partial charge in [0.1, 0.15) is 0 Å². The number of amides is 1. The van der Waals surface area contributed by atoms with Crippen LogP contribution in [0.2, 0.25) is 0 Å². The van der Waals surface area contributed by atoms with Crippen molar-refractivity contribution >= 4 is 5.91 Å². The van der Waals surface area contributed by atoms with Gasteiger partial charge in [-0.2, -0.15) is 0 Å². The lowest BCUT2D eigenvalue weighted by Crippen LogP contribution is -2.48. The second-order valence-corrected chi connectivity index (χ2v) is 7.36. The molecule has 2 fully saturated rings. The summed E-state index contributed by atoms with van der Waals surface area (Å²) in [4.78, 5) is 16.8. The maximum atomic E-state index is 12.4. The smallest absolute Gasteiger partial charge is 0.231 e. The van der Waals surface area contributed by atoms with E-state index in [1.165, 1.54) is 5.56 Å². The summed E-state index contributed by atoms with van der Waals surface area (Å²) in [5, 5.41) is 0. The van der Waals surface area contributed by atoms with Gasteiger partial charge in [0.05, 0.1) is 0 Å². The molecule has 1 amide bonds. The van der Waals surface area contributed by atoms with Gasteiger partial charge >= 0.3 is 0 Å². The minimum absolute atomic E-state index is 0.312. The summed E-state index contributed by atoms with van der Waals surface area (Å²) >= 11 is 0. The zero-order chi connectivity index (χ0) is 17.8. The van der Waals surface area contributed by atoms with Crippen molar-refractivity contribution in [3.8, 4) is 11.5 Å². The SMILES string of the molecule is O=C(CCCC1CNNC1)N1CCN(Cc2ccc3c(c2)OCO3)CC1. The summed E-state index contributed by atoms with van der Waals surface area (Å²) < 4.78 is 10.8. The van der Waals surface area contributed by atoms with Gasteiger partial charge in [-0.15, -0.1) is 0 Å². The van der Waals surface area contributed by atoms with Crippen LogP contribution in [0.1, 0.15) is 24.8 Å². The fraction of sp³-hybridized carbons (Fsp3) is 0.632. The number of carbonyl (C=O) groups is 1. The van der Waals surface area contributed by atoms with Gasteiger partial charge in [0, 0.05) is 52.2 Å². The van der Waals surface area contributed by atoms with Gasteiger partial charge in [0.2, 0.25) is 12.7 Å². The highest BCUT2D eigenvalue weighted by Gasteiger charge is 2.22. The fourth-order valence-corrected chi connectivity index (χ4v) is 3.86. The molecule has 0 spiro atoms. The largest absolute Gasteiger partial charge is 0.454 e. The molecule has 1 aromatic carbocycles. The third kappa shape index (κ3) is 4.28. The van der Waals surface area contributed by atoms with Crippen LogP contribution < -0.4 is 20.3 Å². The predicted octanol–water partition coefficient (Wildman–Crippen LogP) is 0.954. The number of carbonyl (C=O) groups excluding carboxylic acids is 1. The molecule has 0 saturated carbocycles. The normalized spacial score (nSPS) is 20.7. The zero-order valence-electron chi connectivity index (χ0n) is 15.2. The molecule has 0 aromatic heterocycles. The molecule has 0 radical (unpaired) electrons. The number of nitrogens with one attached hydrogen (secondary N) is 2. The molecule has 4 rings (SSSR count). The Hall–Kier alpha value is -1.83. The van der Waals surface area contributed by atoms with E-state index >= 15 is 0 Å². The molecule has 0 bridgehead atoms. The number of rotatable bonds is 6. The lowest BCUT2D eigenvalue weighted by atomic mass is 10.0. The molecule has 2 N–H and O–H groups in total. The molecule has 1 aromatic rings. The van der Waals surface area contributed by atoms with Crippen LogP contribution >= 0.6 is 0 Å². The van der Waals surface area contributed by atoms with Crippen molar-refractivity contribution in [3.63, 3.8) is 0 Å².